The largest absolute Gasteiger partial charge is 0.315 e. The molecule has 0 atom stereocenters. The van der Waals surface area contributed by atoms with Crippen molar-refractivity contribution in [2.45, 2.75) is 17.3 Å². The van der Waals surface area contributed by atoms with E-state index in [0.29, 0.717) is 10.8 Å². The van der Waals surface area contributed by atoms with Crippen LogP contribution in [-0.4, -0.2) is 20.4 Å². The molecule has 98 valence electrons. The summed E-state index contributed by atoms with van der Waals surface area (Å²) in [4.78, 5) is 5.79. The molecule has 2 N–H and O–H groups in total. The topological polar surface area (TPSA) is 71.1 Å². The molecule has 2 aromatic rings. The Morgan fingerprint density at radius 3 is 2.78 bits per heavy atom. The van der Waals surface area contributed by atoms with E-state index in [0.717, 1.165) is 9.75 Å². The minimum atomic E-state index is -3.41. The van der Waals surface area contributed by atoms with Crippen LogP contribution in [0.1, 0.15) is 9.75 Å². The zero-order valence-electron chi connectivity index (χ0n) is 9.71. The summed E-state index contributed by atoms with van der Waals surface area (Å²) in [7, 11) is -1.58. The van der Waals surface area contributed by atoms with Crippen LogP contribution in [0, 0.1) is 0 Å². The summed E-state index contributed by atoms with van der Waals surface area (Å²) in [5.74, 6) is 0. The lowest BCUT2D eigenvalue weighted by Gasteiger charge is -2.02. The van der Waals surface area contributed by atoms with E-state index in [-0.39, 0.29) is 6.54 Å². The summed E-state index contributed by atoms with van der Waals surface area (Å²) in [6.07, 6.45) is 1.66. The molecule has 0 amide bonds. The maximum absolute atomic E-state index is 12.0. The summed E-state index contributed by atoms with van der Waals surface area (Å²) in [6, 6.07) is 3.45. The van der Waals surface area contributed by atoms with Crippen LogP contribution in [0.4, 0.5) is 0 Å². The van der Waals surface area contributed by atoms with Gasteiger partial charge < -0.3 is 5.32 Å². The molecule has 2 heterocycles. The highest BCUT2D eigenvalue weighted by molar-refractivity contribution is 7.91. The lowest BCUT2D eigenvalue weighted by molar-refractivity contribution is 0.584. The fraction of sp³-hybridized carbons (Fsp3) is 0.300. The molecule has 2 aromatic heterocycles. The Labute approximate surface area is 114 Å². The van der Waals surface area contributed by atoms with Gasteiger partial charge in [0.15, 0.2) is 0 Å². The Morgan fingerprint density at radius 1 is 1.28 bits per heavy atom. The second-order valence-corrected chi connectivity index (χ2v) is 7.68. The van der Waals surface area contributed by atoms with E-state index in [1.54, 1.807) is 17.8 Å². The summed E-state index contributed by atoms with van der Waals surface area (Å²) < 4.78 is 26.9. The van der Waals surface area contributed by atoms with Crippen molar-refractivity contribution in [1.29, 1.82) is 0 Å². The molecule has 2 rings (SSSR count). The molecule has 18 heavy (non-hydrogen) atoms. The summed E-state index contributed by atoms with van der Waals surface area (Å²) in [6.45, 7) is 0.960. The molecule has 0 aromatic carbocycles. The third-order valence-corrected chi connectivity index (χ3v) is 5.93. The minimum absolute atomic E-state index is 0.284. The van der Waals surface area contributed by atoms with Gasteiger partial charge in [-0.3, -0.25) is 4.98 Å². The molecule has 0 radical (unpaired) electrons. The number of sulfonamides is 1. The number of nitrogens with one attached hydrogen (secondary N) is 2. The number of hydrogen-bond donors (Lipinski definition) is 2. The second kappa shape index (κ2) is 5.89. The standard InChI is InChI=1S/C10H13N3O2S3/c1-11-4-8-2-3-10(17-8)18(14,15)13-6-9-5-12-7-16-9/h2-3,5,7,11,13H,4,6H2,1H3. The van der Waals surface area contributed by atoms with Crippen LogP contribution in [0.25, 0.3) is 0 Å². The van der Waals surface area contributed by atoms with Crippen LogP contribution in [0.15, 0.2) is 28.0 Å². The quantitative estimate of drug-likeness (QED) is 0.846. The van der Waals surface area contributed by atoms with E-state index in [4.69, 9.17) is 0 Å². The normalized spacial score (nSPS) is 11.8. The van der Waals surface area contributed by atoms with Crippen molar-refractivity contribution in [2.24, 2.45) is 0 Å². The van der Waals surface area contributed by atoms with Gasteiger partial charge in [-0.1, -0.05) is 0 Å². The molecule has 0 bridgehead atoms. The fourth-order valence-corrected chi connectivity index (χ4v) is 4.38. The van der Waals surface area contributed by atoms with Gasteiger partial charge in [-0.05, 0) is 19.2 Å². The number of hydrogen-bond acceptors (Lipinski definition) is 6. The van der Waals surface area contributed by atoms with Crippen LogP contribution >= 0.6 is 22.7 Å². The Hall–Kier alpha value is -0.800. The van der Waals surface area contributed by atoms with E-state index < -0.39 is 10.0 Å². The number of aromatic nitrogens is 1. The van der Waals surface area contributed by atoms with E-state index in [9.17, 15) is 8.42 Å². The molecule has 0 aliphatic heterocycles. The highest BCUT2D eigenvalue weighted by atomic mass is 32.2. The highest BCUT2D eigenvalue weighted by Gasteiger charge is 2.16. The number of thiophene rings is 1. The van der Waals surface area contributed by atoms with Gasteiger partial charge in [0.25, 0.3) is 0 Å². The first-order valence-electron chi connectivity index (χ1n) is 5.22. The fourth-order valence-electron chi connectivity index (χ4n) is 1.34. The monoisotopic (exact) mass is 303 g/mol. The smallest absolute Gasteiger partial charge is 0.250 e. The average Bonchev–Trinajstić information content (AvgIpc) is 2.98. The third kappa shape index (κ3) is 3.36. The van der Waals surface area contributed by atoms with Crippen LogP contribution in [0.2, 0.25) is 0 Å². The van der Waals surface area contributed by atoms with Gasteiger partial charge in [0, 0.05) is 29.0 Å². The Kier molecular flexibility index (Phi) is 4.46. The second-order valence-electron chi connectivity index (χ2n) is 3.54. The van der Waals surface area contributed by atoms with E-state index in [2.05, 4.69) is 15.0 Å². The molecule has 5 nitrogen and oxygen atoms in total. The minimum Gasteiger partial charge on any atom is -0.315 e. The third-order valence-electron chi connectivity index (χ3n) is 2.17. The zero-order chi connectivity index (χ0) is 13.0. The molecule has 8 heteroatoms. The van der Waals surface area contributed by atoms with Crippen molar-refractivity contribution in [3.05, 3.63) is 33.6 Å². The van der Waals surface area contributed by atoms with E-state index in [1.807, 2.05) is 13.1 Å². The number of rotatable bonds is 6. The van der Waals surface area contributed by atoms with E-state index >= 15 is 0 Å². The Bertz CT molecular complexity index is 590. The number of nitrogens with zero attached hydrogens (tertiary/aromatic N) is 1. The van der Waals surface area contributed by atoms with Crippen LogP contribution in [0.3, 0.4) is 0 Å². The van der Waals surface area contributed by atoms with Gasteiger partial charge in [0.1, 0.15) is 4.21 Å². The molecule has 0 aliphatic carbocycles. The van der Waals surface area contributed by atoms with Gasteiger partial charge in [-0.2, -0.15) is 0 Å². The molecular formula is C10H13N3O2S3. The summed E-state index contributed by atoms with van der Waals surface area (Å²) in [5, 5.41) is 2.99. The zero-order valence-corrected chi connectivity index (χ0v) is 12.2. The van der Waals surface area contributed by atoms with Crippen molar-refractivity contribution >= 4 is 32.7 Å². The number of thiazole rings is 1. The van der Waals surface area contributed by atoms with Gasteiger partial charge in [-0.25, -0.2) is 13.1 Å². The van der Waals surface area contributed by atoms with Crippen LogP contribution < -0.4 is 10.0 Å². The van der Waals surface area contributed by atoms with Crippen molar-refractivity contribution in [3.63, 3.8) is 0 Å². The maximum Gasteiger partial charge on any atom is 0.250 e. The predicted octanol–water partition coefficient (Wildman–Crippen LogP) is 1.40. The first-order valence-corrected chi connectivity index (χ1v) is 8.40. The van der Waals surface area contributed by atoms with Gasteiger partial charge in [0.05, 0.1) is 5.51 Å². The van der Waals surface area contributed by atoms with Gasteiger partial charge in [0.2, 0.25) is 10.0 Å². The molecule has 0 aliphatic rings. The lowest BCUT2D eigenvalue weighted by atomic mass is 10.5. The van der Waals surface area contributed by atoms with Gasteiger partial charge in [-0.15, -0.1) is 22.7 Å². The summed E-state index contributed by atoms with van der Waals surface area (Å²) in [5.41, 5.74) is 1.68. The molecular weight excluding hydrogens is 290 g/mol. The molecule has 0 spiro atoms. The van der Waals surface area contributed by atoms with Crippen molar-refractivity contribution < 1.29 is 8.42 Å². The van der Waals surface area contributed by atoms with Crippen LogP contribution in [-0.2, 0) is 23.1 Å². The predicted molar refractivity (Wildman–Crippen MR) is 73.2 cm³/mol. The summed E-state index contributed by atoms with van der Waals surface area (Å²) >= 11 is 2.70. The molecule has 0 saturated carbocycles. The first-order chi connectivity index (χ1) is 8.62. The lowest BCUT2D eigenvalue weighted by Crippen LogP contribution is -2.21. The van der Waals surface area contributed by atoms with Crippen molar-refractivity contribution in [1.82, 2.24) is 15.0 Å². The molecule has 0 fully saturated rings. The Morgan fingerprint density at radius 2 is 2.11 bits per heavy atom. The van der Waals surface area contributed by atoms with Crippen molar-refractivity contribution in [3.8, 4) is 0 Å². The Balaban J connectivity index is 2.05. The van der Waals surface area contributed by atoms with Crippen molar-refractivity contribution in [2.75, 3.05) is 7.05 Å². The van der Waals surface area contributed by atoms with E-state index in [1.165, 1.54) is 22.7 Å². The van der Waals surface area contributed by atoms with Gasteiger partial charge >= 0.3 is 0 Å². The molecule has 0 unspecified atom stereocenters. The van der Waals surface area contributed by atoms with Crippen LogP contribution in [0.5, 0.6) is 0 Å². The SMILES string of the molecule is CNCc1ccc(S(=O)(=O)NCc2cncs2)s1. The first kappa shape index (κ1) is 13.6. The molecule has 0 saturated heterocycles. The average molecular weight is 303 g/mol. The maximum atomic E-state index is 12.0. The highest BCUT2D eigenvalue weighted by Crippen LogP contribution is 2.21.